The second-order valence-electron chi connectivity index (χ2n) is 4.09. The largest absolute Gasteiger partial charge is 0.316 e. The van der Waals surface area contributed by atoms with E-state index >= 15 is 0 Å². The van der Waals surface area contributed by atoms with E-state index in [2.05, 4.69) is 15.4 Å². The molecule has 1 N–H and O–H groups in total. The van der Waals surface area contributed by atoms with E-state index in [0.29, 0.717) is 0 Å². The zero-order valence-corrected chi connectivity index (χ0v) is 8.74. The lowest BCUT2D eigenvalue weighted by molar-refractivity contribution is 0.302. The highest BCUT2D eigenvalue weighted by Gasteiger charge is 2.16. The van der Waals surface area contributed by atoms with E-state index in [-0.39, 0.29) is 0 Å². The van der Waals surface area contributed by atoms with Crippen LogP contribution in [0.15, 0.2) is 6.33 Å². The summed E-state index contributed by atoms with van der Waals surface area (Å²) in [5.74, 6) is 1.88. The highest BCUT2D eigenvalue weighted by atomic mass is 15.3. The quantitative estimate of drug-likeness (QED) is 0.703. The highest BCUT2D eigenvalue weighted by molar-refractivity contribution is 4.82. The molecule has 78 valence electrons. The lowest BCUT2D eigenvalue weighted by atomic mass is 9.85. The van der Waals surface area contributed by atoms with Crippen molar-refractivity contribution in [2.75, 3.05) is 13.1 Å². The molecule has 4 nitrogen and oxygen atoms in total. The minimum atomic E-state index is 0.937. The van der Waals surface area contributed by atoms with Crippen molar-refractivity contribution in [3.8, 4) is 0 Å². The number of hydrogen-bond acceptors (Lipinski definition) is 3. The van der Waals surface area contributed by atoms with Gasteiger partial charge in [0.25, 0.3) is 0 Å². The Morgan fingerprint density at radius 2 is 2.43 bits per heavy atom. The van der Waals surface area contributed by atoms with Crippen molar-refractivity contribution in [3.05, 3.63) is 12.2 Å². The van der Waals surface area contributed by atoms with Gasteiger partial charge in [-0.1, -0.05) is 6.42 Å². The molecular formula is C10H18N4. The van der Waals surface area contributed by atoms with Crippen LogP contribution in [0.1, 0.15) is 25.1 Å². The first-order valence-electron chi connectivity index (χ1n) is 5.40. The standard InChI is InChI=1S/C10H18N4/c1-14-8-12-10(13-14)5-6-11-7-9-3-2-4-9/h8-9,11H,2-7H2,1H3. The average Bonchev–Trinajstić information content (AvgIpc) is 2.48. The minimum Gasteiger partial charge on any atom is -0.316 e. The molecule has 1 aromatic rings. The van der Waals surface area contributed by atoms with Gasteiger partial charge < -0.3 is 5.32 Å². The third-order valence-electron chi connectivity index (χ3n) is 2.83. The molecule has 0 bridgehead atoms. The van der Waals surface area contributed by atoms with Gasteiger partial charge in [-0.3, -0.25) is 4.68 Å². The van der Waals surface area contributed by atoms with Crippen LogP contribution in [0.2, 0.25) is 0 Å². The van der Waals surface area contributed by atoms with Crippen molar-refractivity contribution < 1.29 is 0 Å². The molecule has 0 unspecified atom stereocenters. The average molecular weight is 194 g/mol. The lowest BCUT2D eigenvalue weighted by Crippen LogP contribution is -2.28. The van der Waals surface area contributed by atoms with Crippen LogP contribution < -0.4 is 5.32 Å². The summed E-state index contributed by atoms with van der Waals surface area (Å²) in [4.78, 5) is 4.18. The smallest absolute Gasteiger partial charge is 0.151 e. The molecule has 0 radical (unpaired) electrons. The van der Waals surface area contributed by atoms with Gasteiger partial charge in [-0.25, -0.2) is 4.98 Å². The maximum Gasteiger partial charge on any atom is 0.151 e. The van der Waals surface area contributed by atoms with E-state index in [1.54, 1.807) is 11.0 Å². The fourth-order valence-electron chi connectivity index (χ4n) is 1.70. The second kappa shape index (κ2) is 4.55. The predicted octanol–water partition coefficient (Wildman–Crippen LogP) is 0.747. The van der Waals surface area contributed by atoms with Crippen LogP contribution in [0, 0.1) is 5.92 Å². The van der Waals surface area contributed by atoms with Crippen LogP contribution in [0.5, 0.6) is 0 Å². The van der Waals surface area contributed by atoms with Crippen molar-refractivity contribution in [3.63, 3.8) is 0 Å². The third-order valence-corrected chi connectivity index (χ3v) is 2.83. The van der Waals surface area contributed by atoms with Gasteiger partial charge in [-0.15, -0.1) is 0 Å². The van der Waals surface area contributed by atoms with Crippen molar-refractivity contribution in [1.29, 1.82) is 0 Å². The molecule has 1 saturated carbocycles. The predicted molar refractivity (Wildman–Crippen MR) is 54.9 cm³/mol. The normalized spacial score (nSPS) is 16.9. The van der Waals surface area contributed by atoms with Gasteiger partial charge in [0.1, 0.15) is 6.33 Å². The summed E-state index contributed by atoms with van der Waals surface area (Å²) >= 11 is 0. The monoisotopic (exact) mass is 194 g/mol. The number of nitrogens with one attached hydrogen (secondary N) is 1. The van der Waals surface area contributed by atoms with E-state index < -0.39 is 0 Å². The first-order valence-corrected chi connectivity index (χ1v) is 5.40. The first kappa shape index (κ1) is 9.65. The molecule has 0 atom stereocenters. The van der Waals surface area contributed by atoms with Crippen molar-refractivity contribution in [2.45, 2.75) is 25.7 Å². The molecule has 14 heavy (non-hydrogen) atoms. The Kier molecular flexibility index (Phi) is 3.14. The van der Waals surface area contributed by atoms with Gasteiger partial charge in [0.2, 0.25) is 0 Å². The van der Waals surface area contributed by atoms with Gasteiger partial charge in [0.15, 0.2) is 5.82 Å². The van der Waals surface area contributed by atoms with E-state index in [0.717, 1.165) is 24.7 Å². The molecule has 1 aliphatic carbocycles. The summed E-state index contributed by atoms with van der Waals surface area (Å²) in [5, 5.41) is 7.68. The number of hydrogen-bond donors (Lipinski definition) is 1. The molecule has 0 aromatic carbocycles. The molecule has 0 spiro atoms. The van der Waals surface area contributed by atoms with Crippen molar-refractivity contribution >= 4 is 0 Å². The van der Waals surface area contributed by atoms with Gasteiger partial charge in [0, 0.05) is 20.0 Å². The Morgan fingerprint density at radius 1 is 1.57 bits per heavy atom. The molecule has 0 saturated heterocycles. The first-order chi connectivity index (χ1) is 6.84. The molecule has 2 rings (SSSR count). The summed E-state index contributed by atoms with van der Waals surface area (Å²) in [5.41, 5.74) is 0. The van der Waals surface area contributed by atoms with E-state index in [4.69, 9.17) is 0 Å². The summed E-state index contributed by atoms with van der Waals surface area (Å²) in [6.07, 6.45) is 6.94. The summed E-state index contributed by atoms with van der Waals surface area (Å²) in [6.45, 7) is 2.17. The van der Waals surface area contributed by atoms with Crippen LogP contribution in [0.25, 0.3) is 0 Å². The maximum absolute atomic E-state index is 4.23. The van der Waals surface area contributed by atoms with Crippen molar-refractivity contribution in [2.24, 2.45) is 13.0 Å². The fraction of sp³-hybridized carbons (Fsp3) is 0.800. The van der Waals surface area contributed by atoms with Gasteiger partial charge in [-0.05, 0) is 25.3 Å². The Morgan fingerprint density at radius 3 is 3.00 bits per heavy atom. The zero-order valence-electron chi connectivity index (χ0n) is 8.74. The van der Waals surface area contributed by atoms with E-state index in [1.165, 1.54) is 25.8 Å². The molecule has 0 amide bonds. The topological polar surface area (TPSA) is 42.7 Å². The highest BCUT2D eigenvalue weighted by Crippen LogP contribution is 2.24. The van der Waals surface area contributed by atoms with Crippen LogP contribution in [0.4, 0.5) is 0 Å². The van der Waals surface area contributed by atoms with Gasteiger partial charge >= 0.3 is 0 Å². The Balaban J connectivity index is 1.58. The fourth-order valence-corrected chi connectivity index (χ4v) is 1.70. The minimum absolute atomic E-state index is 0.937. The third kappa shape index (κ3) is 2.54. The van der Waals surface area contributed by atoms with E-state index in [1.807, 2.05) is 7.05 Å². The van der Waals surface area contributed by atoms with Gasteiger partial charge in [0.05, 0.1) is 0 Å². The summed E-state index contributed by atoms with van der Waals surface area (Å²) in [6, 6.07) is 0. The molecular weight excluding hydrogens is 176 g/mol. The molecule has 1 aromatic heterocycles. The summed E-state index contributed by atoms with van der Waals surface area (Å²) < 4.78 is 1.75. The molecule has 1 aliphatic rings. The lowest BCUT2D eigenvalue weighted by Gasteiger charge is -2.25. The number of aryl methyl sites for hydroxylation is 1. The van der Waals surface area contributed by atoms with Crippen molar-refractivity contribution in [1.82, 2.24) is 20.1 Å². The van der Waals surface area contributed by atoms with Gasteiger partial charge in [-0.2, -0.15) is 5.10 Å². The Hall–Kier alpha value is -0.900. The Bertz CT molecular complexity index is 277. The van der Waals surface area contributed by atoms with Crippen LogP contribution in [-0.4, -0.2) is 27.9 Å². The molecule has 1 fully saturated rings. The number of aromatic nitrogens is 3. The SMILES string of the molecule is Cn1cnc(CCNCC2CCC2)n1. The summed E-state index contributed by atoms with van der Waals surface area (Å²) in [7, 11) is 1.90. The van der Waals surface area contributed by atoms with Crippen LogP contribution >= 0.6 is 0 Å². The zero-order chi connectivity index (χ0) is 9.80. The molecule has 1 heterocycles. The molecule has 4 heteroatoms. The van der Waals surface area contributed by atoms with Crippen LogP contribution in [0.3, 0.4) is 0 Å². The number of nitrogens with zero attached hydrogens (tertiary/aromatic N) is 3. The van der Waals surface area contributed by atoms with Crippen LogP contribution in [-0.2, 0) is 13.5 Å². The Labute approximate surface area is 84.7 Å². The second-order valence-corrected chi connectivity index (χ2v) is 4.09. The van der Waals surface area contributed by atoms with E-state index in [9.17, 15) is 0 Å². The molecule has 0 aliphatic heterocycles. The number of rotatable bonds is 5. The maximum atomic E-state index is 4.23.